The van der Waals surface area contributed by atoms with Gasteiger partial charge in [-0.2, -0.15) is 4.98 Å². The Bertz CT molecular complexity index is 481. The van der Waals surface area contributed by atoms with E-state index in [4.69, 9.17) is 4.52 Å². The van der Waals surface area contributed by atoms with Gasteiger partial charge >= 0.3 is 0 Å². The van der Waals surface area contributed by atoms with Crippen LogP contribution in [0.4, 0.5) is 0 Å². The van der Waals surface area contributed by atoms with Gasteiger partial charge in [0.1, 0.15) is 0 Å². The largest absolute Gasteiger partial charge is 0.340 e. The van der Waals surface area contributed by atoms with E-state index in [9.17, 15) is 0 Å². The van der Waals surface area contributed by atoms with Crippen molar-refractivity contribution in [3.8, 4) is 0 Å². The molecule has 4 nitrogen and oxygen atoms in total. The molecule has 2 rings (SSSR count). The van der Waals surface area contributed by atoms with Gasteiger partial charge in [-0.3, -0.25) is 0 Å². The van der Waals surface area contributed by atoms with E-state index in [0.717, 1.165) is 31.8 Å². The second kappa shape index (κ2) is 7.04. The van der Waals surface area contributed by atoms with E-state index in [1.807, 2.05) is 6.92 Å². The Morgan fingerprint density at radius 2 is 2.00 bits per heavy atom. The monoisotopic (exact) mass is 259 g/mol. The summed E-state index contributed by atoms with van der Waals surface area (Å²) in [5, 5.41) is 7.29. The highest BCUT2D eigenvalue weighted by atomic mass is 16.5. The summed E-state index contributed by atoms with van der Waals surface area (Å²) in [7, 11) is 0. The molecule has 0 aliphatic heterocycles. The maximum absolute atomic E-state index is 4.93. The first-order valence-electron chi connectivity index (χ1n) is 6.80. The van der Waals surface area contributed by atoms with E-state index >= 15 is 0 Å². The van der Waals surface area contributed by atoms with Crippen LogP contribution in [0.25, 0.3) is 0 Å². The van der Waals surface area contributed by atoms with Gasteiger partial charge in [0, 0.05) is 19.9 Å². The molecular weight excluding hydrogens is 238 g/mol. The predicted octanol–water partition coefficient (Wildman–Crippen LogP) is 2.70. The molecule has 0 saturated carbocycles. The summed E-state index contributed by atoms with van der Waals surface area (Å²) >= 11 is 0. The Labute approximate surface area is 114 Å². The SMILES string of the molecule is Cc1nc(CCNCCC(C)c2ccccc2)no1. The molecule has 0 saturated heterocycles. The number of nitrogens with zero attached hydrogens (tertiary/aromatic N) is 2. The number of nitrogens with one attached hydrogen (secondary N) is 1. The Balaban J connectivity index is 1.62. The van der Waals surface area contributed by atoms with Crippen molar-refractivity contribution in [2.24, 2.45) is 0 Å². The summed E-state index contributed by atoms with van der Waals surface area (Å²) in [5.41, 5.74) is 1.40. The minimum atomic E-state index is 0.584. The quantitative estimate of drug-likeness (QED) is 0.777. The standard InChI is InChI=1S/C15H21N3O/c1-12(14-6-4-3-5-7-14)8-10-16-11-9-15-17-13(2)19-18-15/h3-7,12,16H,8-11H2,1-2H3. The van der Waals surface area contributed by atoms with Gasteiger partial charge in [-0.05, 0) is 24.4 Å². The first-order valence-corrected chi connectivity index (χ1v) is 6.80. The van der Waals surface area contributed by atoms with Gasteiger partial charge in [-0.25, -0.2) is 0 Å². The number of hydrogen-bond acceptors (Lipinski definition) is 4. The smallest absolute Gasteiger partial charge is 0.223 e. The topological polar surface area (TPSA) is 51.0 Å². The van der Waals surface area contributed by atoms with Gasteiger partial charge in [0.05, 0.1) is 0 Å². The number of hydrogen-bond donors (Lipinski definition) is 1. The van der Waals surface area contributed by atoms with Crippen LogP contribution in [0.2, 0.25) is 0 Å². The molecular formula is C15H21N3O. The molecule has 1 heterocycles. The predicted molar refractivity (Wildman–Crippen MR) is 75.1 cm³/mol. The summed E-state index contributed by atoms with van der Waals surface area (Å²) in [6.45, 7) is 5.97. The highest BCUT2D eigenvalue weighted by molar-refractivity contribution is 5.18. The molecule has 19 heavy (non-hydrogen) atoms. The fourth-order valence-corrected chi connectivity index (χ4v) is 2.03. The summed E-state index contributed by atoms with van der Waals surface area (Å²) in [4.78, 5) is 4.17. The zero-order chi connectivity index (χ0) is 13.5. The first kappa shape index (κ1) is 13.7. The lowest BCUT2D eigenvalue weighted by atomic mass is 9.98. The average Bonchev–Trinajstić information content (AvgIpc) is 2.85. The molecule has 0 fully saturated rings. The van der Waals surface area contributed by atoms with Gasteiger partial charge < -0.3 is 9.84 Å². The van der Waals surface area contributed by atoms with Crippen molar-refractivity contribution in [1.29, 1.82) is 0 Å². The van der Waals surface area contributed by atoms with Crippen molar-refractivity contribution in [2.75, 3.05) is 13.1 Å². The zero-order valence-electron chi connectivity index (χ0n) is 11.6. The highest BCUT2D eigenvalue weighted by Crippen LogP contribution is 2.17. The molecule has 1 atom stereocenters. The second-order valence-electron chi connectivity index (χ2n) is 4.83. The number of benzene rings is 1. The van der Waals surface area contributed by atoms with Crippen LogP contribution in [0.5, 0.6) is 0 Å². The van der Waals surface area contributed by atoms with Crippen molar-refractivity contribution < 1.29 is 4.52 Å². The minimum Gasteiger partial charge on any atom is -0.340 e. The summed E-state index contributed by atoms with van der Waals surface area (Å²) in [6.07, 6.45) is 1.95. The normalized spacial score (nSPS) is 12.5. The van der Waals surface area contributed by atoms with E-state index < -0.39 is 0 Å². The maximum atomic E-state index is 4.93. The minimum absolute atomic E-state index is 0.584. The number of aromatic nitrogens is 2. The van der Waals surface area contributed by atoms with E-state index in [2.05, 4.69) is 52.7 Å². The van der Waals surface area contributed by atoms with Crippen LogP contribution in [0.3, 0.4) is 0 Å². The average molecular weight is 259 g/mol. The lowest BCUT2D eigenvalue weighted by Crippen LogP contribution is -2.20. The van der Waals surface area contributed by atoms with Crippen LogP contribution in [-0.2, 0) is 6.42 Å². The molecule has 102 valence electrons. The van der Waals surface area contributed by atoms with Crippen molar-refractivity contribution in [2.45, 2.75) is 32.6 Å². The van der Waals surface area contributed by atoms with Gasteiger partial charge in [0.25, 0.3) is 0 Å². The molecule has 0 bridgehead atoms. The molecule has 1 unspecified atom stereocenters. The fourth-order valence-electron chi connectivity index (χ4n) is 2.03. The molecule has 2 aromatic rings. The van der Waals surface area contributed by atoms with Gasteiger partial charge in [0.15, 0.2) is 5.82 Å². The van der Waals surface area contributed by atoms with Crippen LogP contribution >= 0.6 is 0 Å². The molecule has 1 N–H and O–H groups in total. The van der Waals surface area contributed by atoms with Crippen molar-refractivity contribution in [3.05, 3.63) is 47.6 Å². The number of rotatable bonds is 7. The van der Waals surface area contributed by atoms with E-state index in [0.29, 0.717) is 11.8 Å². The van der Waals surface area contributed by atoms with Gasteiger partial charge in [0.2, 0.25) is 5.89 Å². The van der Waals surface area contributed by atoms with Crippen LogP contribution < -0.4 is 5.32 Å². The Hall–Kier alpha value is -1.68. The third-order valence-corrected chi connectivity index (χ3v) is 3.22. The van der Waals surface area contributed by atoms with E-state index in [-0.39, 0.29) is 0 Å². The Kier molecular flexibility index (Phi) is 5.10. The second-order valence-corrected chi connectivity index (χ2v) is 4.83. The summed E-state index contributed by atoms with van der Waals surface area (Å²) in [5.74, 6) is 2.00. The molecule has 1 aromatic carbocycles. The zero-order valence-corrected chi connectivity index (χ0v) is 11.6. The summed E-state index contributed by atoms with van der Waals surface area (Å²) < 4.78 is 4.93. The maximum Gasteiger partial charge on any atom is 0.223 e. The van der Waals surface area contributed by atoms with Crippen molar-refractivity contribution >= 4 is 0 Å². The molecule has 0 aliphatic carbocycles. The van der Waals surface area contributed by atoms with Crippen LogP contribution in [0, 0.1) is 6.92 Å². The van der Waals surface area contributed by atoms with Crippen LogP contribution in [0.15, 0.2) is 34.9 Å². The van der Waals surface area contributed by atoms with E-state index in [1.54, 1.807) is 0 Å². The fraction of sp³-hybridized carbons (Fsp3) is 0.467. The molecule has 0 amide bonds. The van der Waals surface area contributed by atoms with Gasteiger partial charge in [-0.15, -0.1) is 0 Å². The van der Waals surface area contributed by atoms with Crippen molar-refractivity contribution in [3.63, 3.8) is 0 Å². The van der Waals surface area contributed by atoms with Crippen LogP contribution in [-0.4, -0.2) is 23.2 Å². The van der Waals surface area contributed by atoms with Gasteiger partial charge in [-0.1, -0.05) is 42.4 Å². The van der Waals surface area contributed by atoms with E-state index in [1.165, 1.54) is 5.56 Å². The molecule has 0 spiro atoms. The number of aryl methyl sites for hydroxylation is 1. The molecule has 1 aromatic heterocycles. The third kappa shape index (κ3) is 4.48. The molecule has 4 heteroatoms. The molecule has 0 radical (unpaired) electrons. The lowest BCUT2D eigenvalue weighted by molar-refractivity contribution is 0.387. The Morgan fingerprint density at radius 3 is 2.68 bits per heavy atom. The molecule has 0 aliphatic rings. The highest BCUT2D eigenvalue weighted by Gasteiger charge is 2.05. The summed E-state index contributed by atoms with van der Waals surface area (Å²) in [6, 6.07) is 10.6. The van der Waals surface area contributed by atoms with Crippen molar-refractivity contribution in [1.82, 2.24) is 15.5 Å². The lowest BCUT2D eigenvalue weighted by Gasteiger charge is -2.11. The Morgan fingerprint density at radius 1 is 1.21 bits per heavy atom. The van der Waals surface area contributed by atoms with Crippen LogP contribution in [0.1, 0.15) is 36.5 Å². The first-order chi connectivity index (χ1) is 9.25. The third-order valence-electron chi connectivity index (χ3n) is 3.22.